The molecule has 1 aromatic rings. The van der Waals surface area contributed by atoms with Crippen molar-refractivity contribution in [2.75, 3.05) is 13.1 Å². The maximum atomic E-state index is 11.4. The summed E-state index contributed by atoms with van der Waals surface area (Å²) in [6.07, 6.45) is 0. The fraction of sp³-hybridized carbons (Fsp3) is 0.273. The van der Waals surface area contributed by atoms with Crippen molar-refractivity contribution in [2.45, 2.75) is 0 Å². The minimum Gasteiger partial charge on any atom is -0.426 e. The molecule has 2 rings (SSSR count). The molecule has 0 radical (unpaired) electrons. The molecule has 0 saturated carbocycles. The molecule has 1 aromatic carbocycles. The Kier molecular flexibility index (Phi) is 2.66. The Hall–Kier alpha value is -1.86. The van der Waals surface area contributed by atoms with Crippen LogP contribution in [0.5, 0.6) is 5.75 Å². The molecule has 0 aromatic heterocycles. The molecule has 0 bridgehead atoms. The SMILES string of the molecule is N#Cc1ccc(OC(=O)C2CNC2)cc1. The summed E-state index contributed by atoms with van der Waals surface area (Å²) in [7, 11) is 0. The minimum atomic E-state index is -0.210. The number of hydrogen-bond donors (Lipinski definition) is 1. The summed E-state index contributed by atoms with van der Waals surface area (Å²) in [5.41, 5.74) is 0.556. The van der Waals surface area contributed by atoms with Crippen LogP contribution in [0.3, 0.4) is 0 Å². The number of ether oxygens (including phenoxy) is 1. The number of carbonyl (C=O) groups excluding carboxylic acids is 1. The third-order valence-electron chi connectivity index (χ3n) is 2.32. The molecule has 1 aliphatic rings. The monoisotopic (exact) mass is 202 g/mol. The normalized spacial score (nSPS) is 15.1. The number of rotatable bonds is 2. The van der Waals surface area contributed by atoms with Crippen LogP contribution in [-0.4, -0.2) is 19.1 Å². The van der Waals surface area contributed by atoms with Gasteiger partial charge < -0.3 is 10.1 Å². The van der Waals surface area contributed by atoms with Gasteiger partial charge in [0.15, 0.2) is 0 Å². The van der Waals surface area contributed by atoms with Gasteiger partial charge in [0.2, 0.25) is 0 Å². The molecular formula is C11H10N2O2. The zero-order valence-electron chi connectivity index (χ0n) is 8.06. The van der Waals surface area contributed by atoms with Crippen LogP contribution >= 0.6 is 0 Å². The Labute approximate surface area is 87.5 Å². The largest absolute Gasteiger partial charge is 0.426 e. The van der Waals surface area contributed by atoms with Crippen molar-refractivity contribution in [1.82, 2.24) is 5.32 Å². The van der Waals surface area contributed by atoms with E-state index in [-0.39, 0.29) is 11.9 Å². The first-order valence-corrected chi connectivity index (χ1v) is 4.72. The molecule has 4 nitrogen and oxygen atoms in total. The van der Waals surface area contributed by atoms with E-state index in [0.717, 1.165) is 0 Å². The van der Waals surface area contributed by atoms with Crippen molar-refractivity contribution >= 4 is 5.97 Å². The van der Waals surface area contributed by atoms with Crippen molar-refractivity contribution in [3.63, 3.8) is 0 Å². The lowest BCUT2D eigenvalue weighted by molar-refractivity contribution is -0.140. The van der Waals surface area contributed by atoms with E-state index in [9.17, 15) is 4.79 Å². The standard InChI is InChI=1S/C11H10N2O2/c12-5-8-1-3-10(4-2-8)15-11(14)9-6-13-7-9/h1-4,9,13H,6-7H2. The van der Waals surface area contributed by atoms with Crippen LogP contribution in [0.25, 0.3) is 0 Å². The molecule has 0 aliphatic carbocycles. The average Bonchev–Trinajstić information content (AvgIpc) is 2.16. The van der Waals surface area contributed by atoms with Gasteiger partial charge in [0, 0.05) is 13.1 Å². The minimum absolute atomic E-state index is 0.0272. The number of carbonyl (C=O) groups is 1. The molecule has 76 valence electrons. The first-order chi connectivity index (χ1) is 7.29. The molecular weight excluding hydrogens is 192 g/mol. The van der Waals surface area contributed by atoms with Crippen LogP contribution in [0.15, 0.2) is 24.3 Å². The van der Waals surface area contributed by atoms with E-state index >= 15 is 0 Å². The molecule has 4 heteroatoms. The molecule has 15 heavy (non-hydrogen) atoms. The molecule has 1 N–H and O–H groups in total. The van der Waals surface area contributed by atoms with Crippen LogP contribution in [-0.2, 0) is 4.79 Å². The van der Waals surface area contributed by atoms with Gasteiger partial charge in [-0.1, -0.05) is 0 Å². The number of nitriles is 1. The molecule has 1 aliphatic heterocycles. The van der Waals surface area contributed by atoms with Gasteiger partial charge >= 0.3 is 5.97 Å². The van der Waals surface area contributed by atoms with Crippen LogP contribution < -0.4 is 10.1 Å². The lowest BCUT2D eigenvalue weighted by Crippen LogP contribution is -2.48. The molecule has 0 unspecified atom stereocenters. The van der Waals surface area contributed by atoms with Gasteiger partial charge in [-0.3, -0.25) is 4.79 Å². The zero-order valence-corrected chi connectivity index (χ0v) is 8.06. The summed E-state index contributed by atoms with van der Waals surface area (Å²) in [5, 5.41) is 11.6. The third-order valence-corrected chi connectivity index (χ3v) is 2.32. The first kappa shape index (κ1) is 9.69. The second-order valence-electron chi connectivity index (χ2n) is 3.41. The zero-order chi connectivity index (χ0) is 10.7. The lowest BCUT2D eigenvalue weighted by atomic mass is 10.0. The van der Waals surface area contributed by atoms with Crippen LogP contribution in [0, 0.1) is 17.2 Å². The van der Waals surface area contributed by atoms with E-state index < -0.39 is 0 Å². The quantitative estimate of drug-likeness (QED) is 0.566. The van der Waals surface area contributed by atoms with Gasteiger partial charge in [0.05, 0.1) is 17.6 Å². The molecule has 1 fully saturated rings. The maximum absolute atomic E-state index is 11.4. The summed E-state index contributed by atoms with van der Waals surface area (Å²) in [4.78, 5) is 11.4. The highest BCUT2D eigenvalue weighted by atomic mass is 16.5. The lowest BCUT2D eigenvalue weighted by Gasteiger charge is -2.24. The van der Waals surface area contributed by atoms with Crippen LogP contribution in [0.2, 0.25) is 0 Å². The predicted molar refractivity (Wildman–Crippen MR) is 53.2 cm³/mol. The predicted octanol–water partition coefficient (Wildman–Crippen LogP) is 0.683. The van der Waals surface area contributed by atoms with Crippen LogP contribution in [0.4, 0.5) is 0 Å². The molecule has 0 amide bonds. The van der Waals surface area contributed by atoms with Gasteiger partial charge in [0.25, 0.3) is 0 Å². The fourth-order valence-electron chi connectivity index (χ4n) is 1.25. The van der Waals surface area contributed by atoms with E-state index in [1.165, 1.54) is 0 Å². The highest BCUT2D eigenvalue weighted by Crippen LogP contribution is 2.14. The Morgan fingerprint density at radius 1 is 1.40 bits per heavy atom. The van der Waals surface area contributed by atoms with Gasteiger partial charge in [-0.25, -0.2) is 0 Å². The van der Waals surface area contributed by atoms with Crippen molar-refractivity contribution in [2.24, 2.45) is 5.92 Å². The Bertz CT molecular complexity index is 402. The highest BCUT2D eigenvalue weighted by Gasteiger charge is 2.26. The van der Waals surface area contributed by atoms with E-state index in [1.54, 1.807) is 24.3 Å². The molecule has 0 spiro atoms. The Morgan fingerprint density at radius 3 is 2.53 bits per heavy atom. The van der Waals surface area contributed by atoms with Gasteiger partial charge in [-0.15, -0.1) is 0 Å². The second-order valence-corrected chi connectivity index (χ2v) is 3.41. The summed E-state index contributed by atoms with van der Waals surface area (Å²) in [6, 6.07) is 8.51. The van der Waals surface area contributed by atoms with Crippen LogP contribution in [0.1, 0.15) is 5.56 Å². The van der Waals surface area contributed by atoms with Crippen molar-refractivity contribution in [3.05, 3.63) is 29.8 Å². The van der Waals surface area contributed by atoms with E-state index in [1.807, 2.05) is 6.07 Å². The highest BCUT2D eigenvalue weighted by molar-refractivity contribution is 5.76. The van der Waals surface area contributed by atoms with E-state index in [0.29, 0.717) is 24.4 Å². The van der Waals surface area contributed by atoms with Gasteiger partial charge in [-0.05, 0) is 24.3 Å². The van der Waals surface area contributed by atoms with E-state index in [2.05, 4.69) is 5.32 Å². The van der Waals surface area contributed by atoms with Gasteiger partial charge in [-0.2, -0.15) is 5.26 Å². The van der Waals surface area contributed by atoms with Crippen molar-refractivity contribution in [1.29, 1.82) is 5.26 Å². The summed E-state index contributed by atoms with van der Waals surface area (Å²) in [5.74, 6) is 0.255. The summed E-state index contributed by atoms with van der Waals surface area (Å²) < 4.78 is 5.13. The number of nitrogens with zero attached hydrogens (tertiary/aromatic N) is 1. The van der Waals surface area contributed by atoms with E-state index in [4.69, 9.17) is 10.00 Å². The number of esters is 1. The smallest absolute Gasteiger partial charge is 0.316 e. The maximum Gasteiger partial charge on any atom is 0.316 e. The van der Waals surface area contributed by atoms with Crippen molar-refractivity contribution in [3.8, 4) is 11.8 Å². The summed E-state index contributed by atoms with van der Waals surface area (Å²) in [6.45, 7) is 1.38. The second kappa shape index (κ2) is 4.11. The topological polar surface area (TPSA) is 62.1 Å². The van der Waals surface area contributed by atoms with Gasteiger partial charge in [0.1, 0.15) is 5.75 Å². The third kappa shape index (κ3) is 2.14. The number of benzene rings is 1. The average molecular weight is 202 g/mol. The molecule has 1 heterocycles. The Balaban J connectivity index is 1.98. The summed E-state index contributed by atoms with van der Waals surface area (Å²) >= 11 is 0. The fourth-order valence-corrected chi connectivity index (χ4v) is 1.25. The first-order valence-electron chi connectivity index (χ1n) is 4.72. The number of hydrogen-bond acceptors (Lipinski definition) is 4. The Morgan fingerprint density at radius 2 is 2.07 bits per heavy atom. The number of nitrogens with one attached hydrogen (secondary N) is 1. The molecule has 0 atom stereocenters. The van der Waals surface area contributed by atoms with Crippen molar-refractivity contribution < 1.29 is 9.53 Å². The molecule has 1 saturated heterocycles.